The molecule has 0 aromatic carbocycles. The molecule has 1 aliphatic heterocycles. The van der Waals surface area contributed by atoms with Crippen molar-refractivity contribution in [1.29, 1.82) is 0 Å². The summed E-state index contributed by atoms with van der Waals surface area (Å²) >= 11 is 3.44. The molecule has 0 bridgehead atoms. The summed E-state index contributed by atoms with van der Waals surface area (Å²) in [5, 5.41) is 2.90. The molecule has 5 rings (SSSR count). The fraction of sp³-hybridized carbons (Fsp3) is 0.476. The first-order valence-electron chi connectivity index (χ1n) is 9.99. The van der Waals surface area contributed by atoms with Crippen molar-refractivity contribution in [3.63, 3.8) is 0 Å². The van der Waals surface area contributed by atoms with Crippen LogP contribution in [0.2, 0.25) is 0 Å². The van der Waals surface area contributed by atoms with Gasteiger partial charge in [0, 0.05) is 29.3 Å². The molecule has 0 radical (unpaired) electrons. The van der Waals surface area contributed by atoms with E-state index in [1.165, 1.54) is 27.3 Å². The summed E-state index contributed by atoms with van der Waals surface area (Å²) in [6.07, 6.45) is 7.26. The minimum absolute atomic E-state index is 0.0176. The van der Waals surface area contributed by atoms with Gasteiger partial charge in [-0.25, -0.2) is 4.98 Å². The van der Waals surface area contributed by atoms with Gasteiger partial charge in [-0.1, -0.05) is 0 Å². The Morgan fingerprint density at radius 1 is 1.25 bits per heavy atom. The average Bonchev–Trinajstić information content (AvgIpc) is 3.32. The summed E-state index contributed by atoms with van der Waals surface area (Å²) in [5.74, 6) is 0.115. The third-order valence-electron chi connectivity index (χ3n) is 6.11. The topological polar surface area (TPSA) is 55.2 Å². The second-order valence-electron chi connectivity index (χ2n) is 7.70. The van der Waals surface area contributed by atoms with Crippen molar-refractivity contribution >= 4 is 38.8 Å². The van der Waals surface area contributed by atoms with Crippen molar-refractivity contribution < 1.29 is 4.79 Å². The number of carbonyl (C=O) groups is 1. The van der Waals surface area contributed by atoms with Crippen molar-refractivity contribution in [3.05, 3.63) is 49.0 Å². The van der Waals surface area contributed by atoms with Gasteiger partial charge in [0.15, 0.2) is 0 Å². The van der Waals surface area contributed by atoms with Crippen LogP contribution in [-0.2, 0) is 30.6 Å². The lowest BCUT2D eigenvalue weighted by atomic mass is 9.97. The van der Waals surface area contributed by atoms with Crippen molar-refractivity contribution in [2.45, 2.75) is 58.0 Å². The van der Waals surface area contributed by atoms with Crippen LogP contribution in [0, 0.1) is 0 Å². The van der Waals surface area contributed by atoms with Gasteiger partial charge in [-0.05, 0) is 61.6 Å². The first-order chi connectivity index (χ1) is 13.6. The van der Waals surface area contributed by atoms with Crippen LogP contribution >= 0.6 is 22.7 Å². The third-order valence-corrected chi connectivity index (χ3v) is 8.30. The standard InChI is InChI=1S/C21H23N3O2S2/c1-13-14-8-11-27-16(14)6-10-24(13)18(25)7-9-23-12-22-20-19(21(23)26)15-4-2-3-5-17(15)28-20/h8,11-13H,2-7,9-10H2,1H3. The Kier molecular flexibility index (Phi) is 4.59. The van der Waals surface area contributed by atoms with Gasteiger partial charge < -0.3 is 4.90 Å². The lowest BCUT2D eigenvalue weighted by Gasteiger charge is -2.33. The highest BCUT2D eigenvalue weighted by Crippen LogP contribution is 2.34. The van der Waals surface area contributed by atoms with Gasteiger partial charge in [-0.3, -0.25) is 14.2 Å². The molecular weight excluding hydrogens is 390 g/mol. The molecule has 1 amide bonds. The monoisotopic (exact) mass is 413 g/mol. The second kappa shape index (κ2) is 7.12. The zero-order chi connectivity index (χ0) is 19.3. The number of carbonyl (C=O) groups excluding carboxylic acids is 1. The average molecular weight is 414 g/mol. The number of aryl methyl sites for hydroxylation is 3. The number of hydrogen-bond donors (Lipinski definition) is 0. The molecule has 28 heavy (non-hydrogen) atoms. The minimum atomic E-state index is 0.0176. The molecule has 1 atom stereocenters. The van der Waals surface area contributed by atoms with Crippen LogP contribution in [0.4, 0.5) is 0 Å². The number of rotatable bonds is 3. The smallest absolute Gasteiger partial charge is 0.262 e. The van der Waals surface area contributed by atoms with E-state index in [-0.39, 0.29) is 17.5 Å². The van der Waals surface area contributed by atoms with Gasteiger partial charge in [-0.15, -0.1) is 22.7 Å². The molecule has 0 saturated heterocycles. The number of thiophene rings is 2. The molecule has 0 saturated carbocycles. The van der Waals surface area contributed by atoms with Gasteiger partial charge in [0.1, 0.15) is 4.83 Å². The molecule has 0 fully saturated rings. The van der Waals surface area contributed by atoms with Gasteiger partial charge >= 0.3 is 0 Å². The normalized spacial score (nSPS) is 18.9. The SMILES string of the molecule is CC1c2ccsc2CCN1C(=O)CCn1cnc2sc3c(c2c1=O)CCCC3. The van der Waals surface area contributed by atoms with Gasteiger partial charge in [0.2, 0.25) is 5.91 Å². The van der Waals surface area contributed by atoms with Crippen molar-refractivity contribution in [3.8, 4) is 0 Å². The Balaban J connectivity index is 1.36. The van der Waals surface area contributed by atoms with Crippen LogP contribution in [0.5, 0.6) is 0 Å². The summed E-state index contributed by atoms with van der Waals surface area (Å²) in [5.41, 5.74) is 2.50. The van der Waals surface area contributed by atoms with Crippen molar-refractivity contribution in [2.75, 3.05) is 6.54 Å². The van der Waals surface area contributed by atoms with Crippen LogP contribution in [0.25, 0.3) is 10.2 Å². The predicted molar refractivity (Wildman–Crippen MR) is 113 cm³/mol. The highest BCUT2D eigenvalue weighted by atomic mass is 32.1. The van der Waals surface area contributed by atoms with Crippen LogP contribution in [0.15, 0.2) is 22.6 Å². The maximum atomic E-state index is 13.0. The molecule has 3 aromatic heterocycles. The predicted octanol–water partition coefficient (Wildman–Crippen LogP) is 3.93. The highest BCUT2D eigenvalue weighted by molar-refractivity contribution is 7.18. The van der Waals surface area contributed by atoms with Crippen LogP contribution < -0.4 is 5.56 Å². The summed E-state index contributed by atoms with van der Waals surface area (Å²) in [6.45, 7) is 3.25. The molecule has 146 valence electrons. The maximum Gasteiger partial charge on any atom is 0.262 e. The van der Waals surface area contributed by atoms with Crippen molar-refractivity contribution in [1.82, 2.24) is 14.5 Å². The molecule has 0 spiro atoms. The third kappa shape index (κ3) is 2.92. The summed E-state index contributed by atoms with van der Waals surface area (Å²) in [6, 6.07) is 2.25. The van der Waals surface area contributed by atoms with Crippen molar-refractivity contribution in [2.24, 2.45) is 0 Å². The van der Waals surface area contributed by atoms with Crippen LogP contribution in [-0.4, -0.2) is 26.9 Å². The van der Waals surface area contributed by atoms with E-state index < -0.39 is 0 Å². The quantitative estimate of drug-likeness (QED) is 0.654. The Morgan fingerprint density at radius 3 is 3.00 bits per heavy atom. The minimum Gasteiger partial charge on any atom is -0.335 e. The Morgan fingerprint density at radius 2 is 2.11 bits per heavy atom. The Hall–Kier alpha value is -1.99. The second-order valence-corrected chi connectivity index (χ2v) is 9.78. The summed E-state index contributed by atoms with van der Waals surface area (Å²) in [7, 11) is 0. The van der Waals surface area contributed by atoms with E-state index >= 15 is 0 Å². The molecular formula is C21H23N3O2S2. The van der Waals surface area contributed by atoms with Crippen LogP contribution in [0.1, 0.15) is 53.1 Å². The van der Waals surface area contributed by atoms with Gasteiger partial charge in [-0.2, -0.15) is 0 Å². The molecule has 4 heterocycles. The zero-order valence-corrected chi connectivity index (χ0v) is 17.6. The molecule has 7 heteroatoms. The van der Waals surface area contributed by atoms with Gasteiger partial charge in [0.05, 0.1) is 17.8 Å². The van der Waals surface area contributed by atoms with Crippen LogP contribution in [0.3, 0.4) is 0 Å². The first-order valence-corrected chi connectivity index (χ1v) is 11.7. The molecule has 1 aliphatic carbocycles. The summed E-state index contributed by atoms with van der Waals surface area (Å²) in [4.78, 5) is 36.0. The molecule has 5 nitrogen and oxygen atoms in total. The molecule has 0 N–H and O–H groups in total. The maximum absolute atomic E-state index is 13.0. The first kappa shape index (κ1) is 18.1. The van der Waals surface area contributed by atoms with E-state index in [0.29, 0.717) is 13.0 Å². The highest BCUT2D eigenvalue weighted by Gasteiger charge is 2.28. The number of hydrogen-bond acceptors (Lipinski definition) is 5. The number of amides is 1. The summed E-state index contributed by atoms with van der Waals surface area (Å²) < 4.78 is 1.63. The largest absolute Gasteiger partial charge is 0.335 e. The van der Waals surface area contributed by atoms with E-state index in [1.54, 1.807) is 33.6 Å². The fourth-order valence-corrected chi connectivity index (χ4v) is 6.73. The van der Waals surface area contributed by atoms with E-state index in [2.05, 4.69) is 23.4 Å². The molecule has 3 aromatic rings. The fourth-order valence-electron chi connectivity index (χ4n) is 4.55. The number of nitrogens with zero attached hydrogens (tertiary/aromatic N) is 3. The lowest BCUT2D eigenvalue weighted by molar-refractivity contribution is -0.134. The zero-order valence-electron chi connectivity index (χ0n) is 15.9. The van der Waals surface area contributed by atoms with E-state index in [9.17, 15) is 9.59 Å². The Bertz CT molecular complexity index is 1110. The van der Waals surface area contributed by atoms with E-state index in [4.69, 9.17) is 0 Å². The molecule has 2 aliphatic rings. The van der Waals surface area contributed by atoms with E-state index in [1.807, 2.05) is 4.90 Å². The molecule has 1 unspecified atom stereocenters. The van der Waals surface area contributed by atoms with E-state index in [0.717, 1.165) is 42.4 Å². The number of fused-ring (bicyclic) bond motifs is 4. The van der Waals surface area contributed by atoms with Gasteiger partial charge in [0.25, 0.3) is 5.56 Å². The number of aromatic nitrogens is 2. The Labute approximate surface area is 171 Å². The lowest BCUT2D eigenvalue weighted by Crippen LogP contribution is -2.39.